The summed E-state index contributed by atoms with van der Waals surface area (Å²) in [5, 5.41) is 0. The van der Waals surface area contributed by atoms with E-state index in [-0.39, 0.29) is 17.8 Å². The van der Waals surface area contributed by atoms with Crippen LogP contribution in [0.3, 0.4) is 0 Å². The molecular weight excluding hydrogens is 370 g/mol. The van der Waals surface area contributed by atoms with Crippen LogP contribution in [0, 0.1) is 19.8 Å². The number of amides is 1. The van der Waals surface area contributed by atoms with E-state index in [0.29, 0.717) is 52.3 Å². The number of ether oxygens (including phenoxy) is 2. The van der Waals surface area contributed by atoms with Gasteiger partial charge in [-0.15, -0.1) is 6.58 Å². The third-order valence-electron chi connectivity index (χ3n) is 5.97. The SMILES string of the molecule is C=CCn1c(C)c(N2CCOCC2)c(C)c1C(=O)N1CCC(C(=O)OCC)CC1. The van der Waals surface area contributed by atoms with Gasteiger partial charge < -0.3 is 23.8 Å². The van der Waals surface area contributed by atoms with Gasteiger partial charge in [-0.25, -0.2) is 0 Å². The van der Waals surface area contributed by atoms with Gasteiger partial charge in [0.15, 0.2) is 0 Å². The third-order valence-corrected chi connectivity index (χ3v) is 5.97. The van der Waals surface area contributed by atoms with Crippen molar-refractivity contribution in [2.24, 2.45) is 5.92 Å². The van der Waals surface area contributed by atoms with Crippen LogP contribution in [0.5, 0.6) is 0 Å². The number of carbonyl (C=O) groups excluding carboxylic acids is 2. The number of morpholine rings is 1. The van der Waals surface area contributed by atoms with Crippen LogP contribution >= 0.6 is 0 Å². The lowest BCUT2D eigenvalue weighted by Crippen LogP contribution is -2.41. The second kappa shape index (κ2) is 9.48. The molecule has 0 N–H and O–H groups in total. The van der Waals surface area contributed by atoms with Crippen molar-refractivity contribution in [3.05, 3.63) is 29.6 Å². The standard InChI is InChI=1S/C22H33N3O4/c1-5-9-25-17(4)19(23-12-14-28-15-13-23)16(3)20(25)21(26)24-10-7-18(8-11-24)22(27)29-6-2/h5,18H,1,6-15H2,2-4H3. The van der Waals surface area contributed by atoms with Gasteiger partial charge in [0.2, 0.25) is 0 Å². The Hall–Kier alpha value is -2.28. The fourth-order valence-electron chi connectivity index (χ4n) is 4.50. The van der Waals surface area contributed by atoms with E-state index >= 15 is 0 Å². The molecule has 2 saturated heterocycles. The van der Waals surface area contributed by atoms with Crippen molar-refractivity contribution in [1.29, 1.82) is 0 Å². The van der Waals surface area contributed by atoms with Crippen LogP contribution in [-0.4, -0.2) is 67.3 Å². The highest BCUT2D eigenvalue weighted by Gasteiger charge is 2.32. The van der Waals surface area contributed by atoms with Crippen LogP contribution in [0.15, 0.2) is 12.7 Å². The summed E-state index contributed by atoms with van der Waals surface area (Å²) in [5.41, 5.74) is 3.98. The van der Waals surface area contributed by atoms with Crippen LogP contribution in [0.25, 0.3) is 0 Å². The van der Waals surface area contributed by atoms with Crippen molar-refractivity contribution < 1.29 is 19.1 Å². The summed E-state index contributed by atoms with van der Waals surface area (Å²) < 4.78 is 12.7. The summed E-state index contributed by atoms with van der Waals surface area (Å²) in [7, 11) is 0. The molecule has 1 aromatic rings. The summed E-state index contributed by atoms with van der Waals surface area (Å²) in [5.74, 6) is -0.212. The molecule has 7 heteroatoms. The zero-order valence-electron chi connectivity index (χ0n) is 17.9. The third kappa shape index (κ3) is 4.34. The maximum absolute atomic E-state index is 13.5. The molecule has 0 saturated carbocycles. The summed E-state index contributed by atoms with van der Waals surface area (Å²) in [4.78, 5) is 29.7. The molecule has 160 valence electrons. The maximum atomic E-state index is 13.5. The fraction of sp³-hybridized carbons (Fsp3) is 0.636. The number of rotatable bonds is 6. The molecule has 1 aromatic heterocycles. The number of allylic oxidation sites excluding steroid dienone is 1. The first kappa shape index (κ1) is 21.4. The van der Waals surface area contributed by atoms with Crippen molar-refractivity contribution in [1.82, 2.24) is 9.47 Å². The molecular formula is C22H33N3O4. The van der Waals surface area contributed by atoms with Gasteiger partial charge in [-0.3, -0.25) is 9.59 Å². The Balaban J connectivity index is 1.83. The number of carbonyl (C=O) groups is 2. The molecule has 2 aliphatic heterocycles. The summed E-state index contributed by atoms with van der Waals surface area (Å²) in [6, 6.07) is 0. The lowest BCUT2D eigenvalue weighted by Gasteiger charge is -2.31. The highest BCUT2D eigenvalue weighted by atomic mass is 16.5. The van der Waals surface area contributed by atoms with E-state index in [1.807, 2.05) is 24.8 Å². The molecule has 2 fully saturated rings. The summed E-state index contributed by atoms with van der Waals surface area (Å²) >= 11 is 0. The number of piperidine rings is 1. The Kier molecular flexibility index (Phi) is 7.00. The average Bonchev–Trinajstić information content (AvgIpc) is 2.98. The van der Waals surface area contributed by atoms with E-state index in [1.54, 1.807) is 0 Å². The van der Waals surface area contributed by atoms with Crippen molar-refractivity contribution in [3.63, 3.8) is 0 Å². The molecule has 0 unspecified atom stereocenters. The van der Waals surface area contributed by atoms with Crippen LogP contribution in [0.2, 0.25) is 0 Å². The Bertz CT molecular complexity index is 757. The Morgan fingerprint density at radius 2 is 1.83 bits per heavy atom. The number of esters is 1. The predicted molar refractivity (Wildman–Crippen MR) is 112 cm³/mol. The Labute approximate surface area is 173 Å². The number of hydrogen-bond donors (Lipinski definition) is 0. The Morgan fingerprint density at radius 3 is 2.41 bits per heavy atom. The fourth-order valence-corrected chi connectivity index (χ4v) is 4.50. The molecule has 3 heterocycles. The topological polar surface area (TPSA) is 64.0 Å². The van der Waals surface area contributed by atoms with E-state index in [4.69, 9.17) is 9.47 Å². The van der Waals surface area contributed by atoms with Gasteiger partial charge in [-0.2, -0.15) is 0 Å². The molecule has 0 bridgehead atoms. The molecule has 1 amide bonds. The van der Waals surface area contributed by atoms with Crippen molar-refractivity contribution in [3.8, 4) is 0 Å². The van der Waals surface area contributed by atoms with Crippen molar-refractivity contribution in [2.45, 2.75) is 40.2 Å². The van der Waals surface area contributed by atoms with E-state index in [9.17, 15) is 9.59 Å². The number of hydrogen-bond acceptors (Lipinski definition) is 5. The first-order valence-corrected chi connectivity index (χ1v) is 10.6. The number of aromatic nitrogens is 1. The molecule has 29 heavy (non-hydrogen) atoms. The van der Waals surface area contributed by atoms with Gasteiger partial charge in [-0.1, -0.05) is 6.08 Å². The molecule has 2 aliphatic rings. The van der Waals surface area contributed by atoms with E-state index in [1.165, 1.54) is 0 Å². The predicted octanol–water partition coefficient (Wildman–Crippen LogP) is 2.54. The van der Waals surface area contributed by atoms with Gasteiger partial charge in [0.25, 0.3) is 5.91 Å². The monoisotopic (exact) mass is 403 g/mol. The van der Waals surface area contributed by atoms with Gasteiger partial charge >= 0.3 is 5.97 Å². The van der Waals surface area contributed by atoms with Gasteiger partial charge in [0.1, 0.15) is 5.69 Å². The minimum absolute atomic E-state index is 0.0364. The summed E-state index contributed by atoms with van der Waals surface area (Å²) in [6.45, 7) is 15.0. The lowest BCUT2D eigenvalue weighted by molar-refractivity contribution is -0.149. The molecule has 0 atom stereocenters. The van der Waals surface area contributed by atoms with Crippen molar-refractivity contribution >= 4 is 17.6 Å². The molecule has 0 aromatic carbocycles. The summed E-state index contributed by atoms with van der Waals surface area (Å²) in [6.07, 6.45) is 3.14. The molecule has 3 rings (SSSR count). The van der Waals surface area contributed by atoms with E-state index < -0.39 is 0 Å². The van der Waals surface area contributed by atoms with E-state index in [0.717, 1.165) is 35.7 Å². The zero-order chi connectivity index (χ0) is 21.0. The van der Waals surface area contributed by atoms with E-state index in [2.05, 4.69) is 23.0 Å². The van der Waals surface area contributed by atoms with Gasteiger partial charge in [0.05, 0.1) is 31.4 Å². The molecule has 0 spiro atoms. The van der Waals surface area contributed by atoms with Gasteiger partial charge in [-0.05, 0) is 33.6 Å². The van der Waals surface area contributed by atoms with Crippen LogP contribution in [0.4, 0.5) is 5.69 Å². The molecule has 7 nitrogen and oxygen atoms in total. The number of nitrogens with zero attached hydrogens (tertiary/aromatic N) is 3. The first-order valence-electron chi connectivity index (χ1n) is 10.6. The highest BCUT2D eigenvalue weighted by molar-refractivity contribution is 5.97. The second-order valence-corrected chi connectivity index (χ2v) is 7.72. The Morgan fingerprint density at radius 1 is 1.17 bits per heavy atom. The number of anilines is 1. The molecule has 0 aliphatic carbocycles. The largest absolute Gasteiger partial charge is 0.466 e. The smallest absolute Gasteiger partial charge is 0.309 e. The maximum Gasteiger partial charge on any atom is 0.309 e. The second-order valence-electron chi connectivity index (χ2n) is 7.72. The van der Waals surface area contributed by atoms with Gasteiger partial charge in [0, 0.05) is 44.0 Å². The average molecular weight is 404 g/mol. The highest BCUT2D eigenvalue weighted by Crippen LogP contribution is 2.33. The lowest BCUT2D eigenvalue weighted by atomic mass is 9.96. The quantitative estimate of drug-likeness (QED) is 0.540. The zero-order valence-corrected chi connectivity index (χ0v) is 17.9. The van der Waals surface area contributed by atoms with Crippen LogP contribution < -0.4 is 4.90 Å². The number of likely N-dealkylation sites (tertiary alicyclic amines) is 1. The van der Waals surface area contributed by atoms with Crippen LogP contribution in [-0.2, 0) is 20.8 Å². The first-order chi connectivity index (χ1) is 14.0. The minimum atomic E-state index is -0.142. The molecule has 0 radical (unpaired) electrons. The van der Waals surface area contributed by atoms with Crippen LogP contribution in [0.1, 0.15) is 41.5 Å². The normalized spacial score (nSPS) is 18.0. The minimum Gasteiger partial charge on any atom is -0.466 e. The van der Waals surface area contributed by atoms with Crippen molar-refractivity contribution in [2.75, 3.05) is 50.9 Å².